The van der Waals surface area contributed by atoms with Crippen LogP contribution in [0.2, 0.25) is 0 Å². The van der Waals surface area contributed by atoms with E-state index in [1.54, 1.807) is 0 Å². The highest BCUT2D eigenvalue weighted by Crippen LogP contribution is 2.40. The van der Waals surface area contributed by atoms with Gasteiger partial charge in [0.15, 0.2) is 23.3 Å². The zero-order valence-electron chi connectivity index (χ0n) is 14.5. The van der Waals surface area contributed by atoms with E-state index < -0.39 is 29.4 Å². The molecular weight excluding hydrogens is 360 g/mol. The number of hydrogen-bond acceptors (Lipinski definition) is 2. The zero-order valence-corrected chi connectivity index (χ0v) is 14.5. The lowest BCUT2D eigenvalue weighted by Gasteiger charge is -2.26. The van der Waals surface area contributed by atoms with Crippen molar-refractivity contribution in [1.29, 1.82) is 0 Å². The summed E-state index contributed by atoms with van der Waals surface area (Å²) in [5.41, 5.74) is -0.313. The predicted molar refractivity (Wildman–Crippen MR) is 91.2 cm³/mol. The molecular formula is C21H18F4O2. The zero-order chi connectivity index (χ0) is 19.1. The van der Waals surface area contributed by atoms with E-state index in [4.69, 9.17) is 4.74 Å². The second kappa shape index (κ2) is 7.08. The highest BCUT2D eigenvalue weighted by molar-refractivity contribution is 5.66. The standard InChI is InChI=1S/C21H18F4O2/c22-18-13(12-3-1-11(9-26)2-4-12)5-6-14(19(18)23)15-7-8-16(17-10-27-17)21(25)20(15)24/h5-9,11-12,17H,1-4,10H2. The Kier molecular flexibility index (Phi) is 4.76. The number of ether oxygens (including phenoxy) is 1. The number of carbonyl (C=O) groups is 1. The number of carbonyl (C=O) groups excluding carboxylic acids is 1. The first-order valence-corrected chi connectivity index (χ1v) is 9.04. The molecule has 27 heavy (non-hydrogen) atoms. The largest absolute Gasteiger partial charge is 0.368 e. The van der Waals surface area contributed by atoms with Crippen molar-refractivity contribution in [2.45, 2.75) is 37.7 Å². The molecule has 2 aromatic rings. The lowest BCUT2D eigenvalue weighted by atomic mass is 9.78. The van der Waals surface area contributed by atoms with E-state index in [-0.39, 0.29) is 34.1 Å². The molecule has 1 saturated carbocycles. The lowest BCUT2D eigenvalue weighted by Crippen LogP contribution is -2.15. The number of hydrogen-bond donors (Lipinski definition) is 0. The molecule has 0 spiro atoms. The first-order chi connectivity index (χ1) is 13.0. The third-order valence-electron chi connectivity index (χ3n) is 5.60. The van der Waals surface area contributed by atoms with Crippen molar-refractivity contribution in [2.24, 2.45) is 5.92 Å². The molecule has 4 rings (SSSR count). The van der Waals surface area contributed by atoms with E-state index in [0.29, 0.717) is 32.3 Å². The maximum atomic E-state index is 14.7. The van der Waals surface area contributed by atoms with Gasteiger partial charge < -0.3 is 9.53 Å². The van der Waals surface area contributed by atoms with Crippen LogP contribution in [0.5, 0.6) is 0 Å². The highest BCUT2D eigenvalue weighted by Gasteiger charge is 2.31. The minimum atomic E-state index is -1.21. The fourth-order valence-corrected chi connectivity index (χ4v) is 3.90. The Morgan fingerprint density at radius 3 is 1.81 bits per heavy atom. The molecule has 1 aliphatic heterocycles. The van der Waals surface area contributed by atoms with Gasteiger partial charge >= 0.3 is 0 Å². The third-order valence-corrected chi connectivity index (χ3v) is 5.60. The number of halogens is 4. The minimum absolute atomic E-state index is 0.0283. The summed E-state index contributed by atoms with van der Waals surface area (Å²) < 4.78 is 63.0. The Bertz CT molecular complexity index is 884. The summed E-state index contributed by atoms with van der Waals surface area (Å²) in [6.45, 7) is 0.319. The smallest absolute Gasteiger partial charge is 0.167 e. The summed E-state index contributed by atoms with van der Waals surface area (Å²) in [6.07, 6.45) is 2.91. The molecule has 142 valence electrons. The fraction of sp³-hybridized carbons (Fsp3) is 0.381. The molecule has 1 aliphatic carbocycles. The molecule has 0 radical (unpaired) electrons. The average Bonchev–Trinajstić information content (AvgIpc) is 3.52. The molecule has 1 saturated heterocycles. The molecule has 1 atom stereocenters. The first kappa shape index (κ1) is 18.2. The van der Waals surface area contributed by atoms with Crippen molar-refractivity contribution >= 4 is 6.29 Å². The van der Waals surface area contributed by atoms with Crippen LogP contribution >= 0.6 is 0 Å². The first-order valence-electron chi connectivity index (χ1n) is 9.04. The van der Waals surface area contributed by atoms with Crippen LogP contribution in [0.1, 0.15) is 48.8 Å². The summed E-state index contributed by atoms with van der Waals surface area (Å²) in [5.74, 6) is -4.72. The van der Waals surface area contributed by atoms with Crippen LogP contribution < -0.4 is 0 Å². The second-order valence-electron chi connectivity index (χ2n) is 7.23. The van der Waals surface area contributed by atoms with Gasteiger partial charge in [-0.1, -0.05) is 24.3 Å². The SMILES string of the molecule is O=CC1CCC(c2ccc(-c3ccc(C4CO4)c(F)c3F)c(F)c2F)CC1. The van der Waals surface area contributed by atoms with Gasteiger partial charge in [0.25, 0.3) is 0 Å². The Hall–Kier alpha value is -2.21. The summed E-state index contributed by atoms with van der Waals surface area (Å²) in [5, 5.41) is 0. The van der Waals surface area contributed by atoms with E-state index in [9.17, 15) is 22.4 Å². The minimum Gasteiger partial charge on any atom is -0.368 e. The van der Waals surface area contributed by atoms with Crippen LogP contribution in [0, 0.1) is 29.2 Å². The van der Waals surface area contributed by atoms with Gasteiger partial charge in [0, 0.05) is 22.6 Å². The third kappa shape index (κ3) is 3.27. The quantitative estimate of drug-likeness (QED) is 0.402. The number of epoxide rings is 1. The van der Waals surface area contributed by atoms with Crippen molar-refractivity contribution in [1.82, 2.24) is 0 Å². The number of aldehydes is 1. The predicted octanol–water partition coefficient (Wildman–Crippen LogP) is 5.45. The van der Waals surface area contributed by atoms with Crippen molar-refractivity contribution < 1.29 is 27.1 Å². The Labute approximate surface area is 154 Å². The van der Waals surface area contributed by atoms with E-state index in [0.717, 1.165) is 6.29 Å². The Morgan fingerprint density at radius 2 is 1.30 bits per heavy atom. The van der Waals surface area contributed by atoms with Crippen LogP contribution in [0.3, 0.4) is 0 Å². The highest BCUT2D eigenvalue weighted by atomic mass is 19.2. The van der Waals surface area contributed by atoms with E-state index in [1.165, 1.54) is 24.3 Å². The maximum absolute atomic E-state index is 14.7. The van der Waals surface area contributed by atoms with Crippen LogP contribution in [-0.2, 0) is 9.53 Å². The maximum Gasteiger partial charge on any atom is 0.167 e. The van der Waals surface area contributed by atoms with Crippen LogP contribution in [0.25, 0.3) is 11.1 Å². The molecule has 2 nitrogen and oxygen atoms in total. The van der Waals surface area contributed by atoms with E-state index in [2.05, 4.69) is 0 Å². The molecule has 0 amide bonds. The lowest BCUT2D eigenvalue weighted by molar-refractivity contribution is -0.111. The summed E-state index contributed by atoms with van der Waals surface area (Å²) in [4.78, 5) is 10.8. The molecule has 2 fully saturated rings. The topological polar surface area (TPSA) is 29.6 Å². The van der Waals surface area contributed by atoms with E-state index >= 15 is 0 Å². The molecule has 0 aromatic heterocycles. The molecule has 2 aromatic carbocycles. The molecule has 6 heteroatoms. The number of rotatable bonds is 4. The van der Waals surface area contributed by atoms with Crippen molar-refractivity contribution in [3.05, 3.63) is 58.7 Å². The Morgan fingerprint density at radius 1 is 0.778 bits per heavy atom. The molecule has 2 aliphatic rings. The normalized spacial score (nSPS) is 24.7. The Balaban J connectivity index is 1.66. The van der Waals surface area contributed by atoms with Crippen LogP contribution in [-0.4, -0.2) is 12.9 Å². The monoisotopic (exact) mass is 378 g/mol. The van der Waals surface area contributed by atoms with Gasteiger partial charge in [-0.05, 0) is 37.2 Å². The molecule has 1 unspecified atom stereocenters. The van der Waals surface area contributed by atoms with Gasteiger partial charge in [-0.15, -0.1) is 0 Å². The van der Waals surface area contributed by atoms with Gasteiger partial charge in [0.2, 0.25) is 0 Å². The summed E-state index contributed by atoms with van der Waals surface area (Å²) in [7, 11) is 0. The van der Waals surface area contributed by atoms with Gasteiger partial charge in [0.05, 0.1) is 6.61 Å². The summed E-state index contributed by atoms with van der Waals surface area (Å²) >= 11 is 0. The molecule has 1 heterocycles. The number of benzene rings is 2. The van der Waals surface area contributed by atoms with Gasteiger partial charge in [-0.3, -0.25) is 0 Å². The van der Waals surface area contributed by atoms with Crippen molar-refractivity contribution in [3.63, 3.8) is 0 Å². The van der Waals surface area contributed by atoms with E-state index in [1.807, 2.05) is 0 Å². The molecule has 0 bridgehead atoms. The van der Waals surface area contributed by atoms with Gasteiger partial charge in [0.1, 0.15) is 12.4 Å². The van der Waals surface area contributed by atoms with Gasteiger partial charge in [-0.25, -0.2) is 17.6 Å². The van der Waals surface area contributed by atoms with Gasteiger partial charge in [-0.2, -0.15) is 0 Å². The average molecular weight is 378 g/mol. The second-order valence-corrected chi connectivity index (χ2v) is 7.23. The van der Waals surface area contributed by atoms with Crippen molar-refractivity contribution in [3.8, 4) is 11.1 Å². The van der Waals surface area contributed by atoms with Crippen LogP contribution in [0.15, 0.2) is 24.3 Å². The summed E-state index contributed by atoms with van der Waals surface area (Å²) in [6, 6.07) is 5.33. The van der Waals surface area contributed by atoms with Crippen molar-refractivity contribution in [2.75, 3.05) is 6.61 Å². The fourth-order valence-electron chi connectivity index (χ4n) is 3.90. The van der Waals surface area contributed by atoms with Crippen LogP contribution in [0.4, 0.5) is 17.6 Å². The molecule has 0 N–H and O–H groups in total.